The van der Waals surface area contributed by atoms with Gasteiger partial charge in [0, 0.05) is 37.6 Å². The van der Waals surface area contributed by atoms with Gasteiger partial charge in [-0.15, -0.1) is 11.3 Å². The Bertz CT molecular complexity index is 563. The van der Waals surface area contributed by atoms with Crippen LogP contribution in [0.25, 0.3) is 10.2 Å². The summed E-state index contributed by atoms with van der Waals surface area (Å²) in [4.78, 5) is 15.8. The lowest BCUT2D eigenvalue weighted by Crippen LogP contribution is -2.47. The van der Waals surface area contributed by atoms with E-state index in [9.17, 15) is 0 Å². The molecule has 102 valence electrons. The number of thiophene rings is 1. The topological polar surface area (TPSA) is 52.5 Å². The molecular weight excluding hydrogens is 260 g/mol. The van der Waals surface area contributed by atoms with Crippen LogP contribution in [0, 0.1) is 6.92 Å². The molecule has 1 N–H and O–H groups in total. The highest BCUT2D eigenvalue weighted by atomic mass is 32.1. The number of hydrogen-bond donors (Lipinski definition) is 1. The Morgan fingerprint density at radius 1 is 1.26 bits per heavy atom. The molecule has 2 aromatic heterocycles. The number of aliphatic hydroxyl groups is 1. The molecule has 0 bridgehead atoms. The molecule has 0 atom stereocenters. The minimum atomic E-state index is 0.238. The maximum absolute atomic E-state index is 8.97. The monoisotopic (exact) mass is 278 g/mol. The first-order chi connectivity index (χ1) is 9.28. The maximum Gasteiger partial charge on any atom is 0.140 e. The third kappa shape index (κ3) is 2.56. The minimum Gasteiger partial charge on any atom is -0.395 e. The van der Waals surface area contributed by atoms with E-state index >= 15 is 0 Å². The molecule has 2 aromatic rings. The van der Waals surface area contributed by atoms with Gasteiger partial charge in [-0.05, 0) is 13.0 Å². The van der Waals surface area contributed by atoms with E-state index in [1.54, 1.807) is 17.7 Å². The van der Waals surface area contributed by atoms with Crippen molar-refractivity contribution in [1.82, 2.24) is 14.9 Å². The maximum atomic E-state index is 8.97. The lowest BCUT2D eigenvalue weighted by Gasteiger charge is -2.35. The quantitative estimate of drug-likeness (QED) is 0.911. The first kappa shape index (κ1) is 12.8. The molecule has 0 radical (unpaired) electrons. The number of nitrogens with zero attached hydrogens (tertiary/aromatic N) is 4. The van der Waals surface area contributed by atoms with Crippen molar-refractivity contribution in [3.8, 4) is 0 Å². The standard InChI is InChI=1S/C13H18N4OS/c1-10-8-11-12(14-9-15-13(11)19-10)17-4-2-16(3-5-17)6-7-18/h8-9,18H,2-7H2,1H3. The van der Waals surface area contributed by atoms with E-state index in [0.717, 1.165) is 43.4 Å². The second-order valence-corrected chi connectivity index (χ2v) is 6.06. The Morgan fingerprint density at radius 2 is 2.05 bits per heavy atom. The zero-order valence-electron chi connectivity index (χ0n) is 11.0. The Morgan fingerprint density at radius 3 is 2.79 bits per heavy atom. The second kappa shape index (κ2) is 5.40. The molecule has 0 aliphatic carbocycles. The third-order valence-corrected chi connectivity index (χ3v) is 4.48. The van der Waals surface area contributed by atoms with Gasteiger partial charge in [0.2, 0.25) is 0 Å². The van der Waals surface area contributed by atoms with E-state index in [0.29, 0.717) is 0 Å². The van der Waals surface area contributed by atoms with E-state index in [2.05, 4.69) is 32.8 Å². The Hall–Kier alpha value is -1.24. The fourth-order valence-electron chi connectivity index (χ4n) is 2.54. The molecule has 0 saturated carbocycles. The number of β-amino-alcohol motifs (C(OH)–C–C–N with tert-alkyl or cyclic N) is 1. The lowest BCUT2D eigenvalue weighted by molar-refractivity contribution is 0.188. The Labute approximate surface area is 116 Å². The lowest BCUT2D eigenvalue weighted by atomic mass is 10.2. The summed E-state index contributed by atoms with van der Waals surface area (Å²) in [6.45, 7) is 6.99. The molecule has 19 heavy (non-hydrogen) atoms. The van der Waals surface area contributed by atoms with E-state index in [4.69, 9.17) is 5.11 Å². The fourth-order valence-corrected chi connectivity index (χ4v) is 3.38. The average molecular weight is 278 g/mol. The molecule has 6 heteroatoms. The van der Waals surface area contributed by atoms with Crippen LogP contribution in [0.3, 0.4) is 0 Å². The number of anilines is 1. The Balaban J connectivity index is 1.81. The molecule has 3 heterocycles. The molecule has 1 aliphatic rings. The molecule has 0 unspecified atom stereocenters. The van der Waals surface area contributed by atoms with Crippen LogP contribution in [0.1, 0.15) is 4.88 Å². The number of piperazine rings is 1. The summed E-state index contributed by atoms with van der Waals surface area (Å²) in [5.41, 5.74) is 0. The highest BCUT2D eigenvalue weighted by molar-refractivity contribution is 7.18. The average Bonchev–Trinajstić information content (AvgIpc) is 2.80. The van der Waals surface area contributed by atoms with E-state index < -0.39 is 0 Å². The predicted octanol–water partition coefficient (Wildman–Crippen LogP) is 1.11. The molecule has 0 amide bonds. The van der Waals surface area contributed by atoms with Crippen molar-refractivity contribution in [2.24, 2.45) is 0 Å². The van der Waals surface area contributed by atoms with Crippen LogP contribution in [0.4, 0.5) is 5.82 Å². The molecule has 1 aliphatic heterocycles. The molecule has 1 saturated heterocycles. The summed E-state index contributed by atoms with van der Waals surface area (Å²) in [6.07, 6.45) is 1.66. The first-order valence-corrected chi connectivity index (χ1v) is 7.39. The van der Waals surface area contributed by atoms with Crippen molar-refractivity contribution in [2.45, 2.75) is 6.92 Å². The number of rotatable bonds is 3. The molecule has 1 fully saturated rings. The van der Waals surface area contributed by atoms with Gasteiger partial charge in [-0.25, -0.2) is 9.97 Å². The van der Waals surface area contributed by atoms with Gasteiger partial charge in [0.15, 0.2) is 0 Å². The van der Waals surface area contributed by atoms with E-state index in [-0.39, 0.29) is 6.61 Å². The Kier molecular flexibility index (Phi) is 3.63. The van der Waals surface area contributed by atoms with Crippen LogP contribution in [-0.2, 0) is 0 Å². The van der Waals surface area contributed by atoms with Crippen molar-refractivity contribution in [1.29, 1.82) is 0 Å². The van der Waals surface area contributed by atoms with Gasteiger partial charge in [0.1, 0.15) is 17.0 Å². The van der Waals surface area contributed by atoms with Crippen molar-refractivity contribution >= 4 is 27.4 Å². The molecule has 3 rings (SSSR count). The van der Waals surface area contributed by atoms with Crippen molar-refractivity contribution in [3.05, 3.63) is 17.3 Å². The summed E-state index contributed by atoms with van der Waals surface area (Å²) in [5.74, 6) is 1.05. The van der Waals surface area contributed by atoms with Gasteiger partial charge in [0.05, 0.1) is 12.0 Å². The number of fused-ring (bicyclic) bond motifs is 1. The van der Waals surface area contributed by atoms with Gasteiger partial charge >= 0.3 is 0 Å². The molecule has 0 spiro atoms. The smallest absolute Gasteiger partial charge is 0.140 e. The number of aliphatic hydroxyl groups excluding tert-OH is 1. The van der Waals surface area contributed by atoms with Crippen LogP contribution in [0.15, 0.2) is 12.4 Å². The molecule has 5 nitrogen and oxygen atoms in total. The summed E-state index contributed by atoms with van der Waals surface area (Å²) in [6, 6.07) is 2.18. The minimum absolute atomic E-state index is 0.238. The van der Waals surface area contributed by atoms with Gasteiger partial charge in [-0.1, -0.05) is 0 Å². The fraction of sp³-hybridized carbons (Fsp3) is 0.538. The zero-order chi connectivity index (χ0) is 13.2. The van der Waals surface area contributed by atoms with Crippen molar-refractivity contribution in [3.63, 3.8) is 0 Å². The number of aromatic nitrogens is 2. The van der Waals surface area contributed by atoms with Gasteiger partial charge in [-0.3, -0.25) is 4.90 Å². The van der Waals surface area contributed by atoms with Gasteiger partial charge in [-0.2, -0.15) is 0 Å². The predicted molar refractivity (Wildman–Crippen MR) is 77.9 cm³/mol. The van der Waals surface area contributed by atoms with Crippen LogP contribution >= 0.6 is 11.3 Å². The summed E-state index contributed by atoms with van der Waals surface area (Å²) in [7, 11) is 0. The largest absolute Gasteiger partial charge is 0.395 e. The first-order valence-electron chi connectivity index (χ1n) is 6.57. The van der Waals surface area contributed by atoms with Gasteiger partial charge in [0.25, 0.3) is 0 Å². The van der Waals surface area contributed by atoms with Crippen LogP contribution in [0.2, 0.25) is 0 Å². The van der Waals surface area contributed by atoms with Crippen LogP contribution in [0.5, 0.6) is 0 Å². The second-order valence-electron chi connectivity index (χ2n) is 4.83. The normalized spacial score (nSPS) is 17.3. The van der Waals surface area contributed by atoms with Gasteiger partial charge < -0.3 is 10.0 Å². The number of aryl methyl sites for hydroxylation is 1. The van der Waals surface area contributed by atoms with Crippen LogP contribution < -0.4 is 4.90 Å². The summed E-state index contributed by atoms with van der Waals surface area (Å²) >= 11 is 1.72. The highest BCUT2D eigenvalue weighted by Crippen LogP contribution is 2.30. The van der Waals surface area contributed by atoms with Crippen LogP contribution in [-0.4, -0.2) is 59.3 Å². The van der Waals surface area contributed by atoms with E-state index in [1.165, 1.54) is 10.3 Å². The van der Waals surface area contributed by atoms with E-state index in [1.807, 2.05) is 0 Å². The molecule has 0 aromatic carbocycles. The SMILES string of the molecule is Cc1cc2c(N3CCN(CCO)CC3)ncnc2s1. The summed E-state index contributed by atoms with van der Waals surface area (Å²) < 4.78 is 0. The number of hydrogen-bond acceptors (Lipinski definition) is 6. The summed E-state index contributed by atoms with van der Waals surface area (Å²) in [5, 5.41) is 10.1. The zero-order valence-corrected chi connectivity index (χ0v) is 11.9. The van der Waals surface area contributed by atoms with Crippen molar-refractivity contribution in [2.75, 3.05) is 44.2 Å². The molecular formula is C13H18N4OS. The van der Waals surface area contributed by atoms with Crippen molar-refractivity contribution < 1.29 is 5.11 Å². The highest BCUT2D eigenvalue weighted by Gasteiger charge is 2.20. The third-order valence-electron chi connectivity index (χ3n) is 3.52.